The van der Waals surface area contributed by atoms with Crippen LogP contribution in [-0.4, -0.2) is 16.3 Å². The molecule has 1 aromatic heterocycles. The summed E-state index contributed by atoms with van der Waals surface area (Å²) >= 11 is 15.2. The van der Waals surface area contributed by atoms with E-state index >= 15 is 0 Å². The summed E-state index contributed by atoms with van der Waals surface area (Å²) in [7, 11) is 0. The minimum absolute atomic E-state index is 0.0179. The standard InChI is InChI=1S/C20H9BrCl2F2N2O2/c21-10-3-9(19(28)14(23)4-10)8-26-11-1-2-18-17(5-11)27-20(29-18)12-6-15(24)16(25)7-13(12)22/h1-8,28H. The highest BCUT2D eigenvalue weighted by Crippen LogP contribution is 2.33. The molecule has 0 saturated heterocycles. The molecule has 0 amide bonds. The molecule has 29 heavy (non-hydrogen) atoms. The number of phenolic OH excluding ortho intramolecular Hbond substituents is 1. The molecule has 4 nitrogen and oxygen atoms in total. The number of fused-ring (bicyclic) bond motifs is 1. The Labute approximate surface area is 181 Å². The second kappa shape index (κ2) is 7.74. The summed E-state index contributed by atoms with van der Waals surface area (Å²) in [4.78, 5) is 8.60. The van der Waals surface area contributed by atoms with Gasteiger partial charge in [0, 0.05) is 16.3 Å². The first-order valence-corrected chi connectivity index (χ1v) is 9.64. The number of benzene rings is 3. The van der Waals surface area contributed by atoms with Crippen molar-refractivity contribution in [2.75, 3.05) is 0 Å². The third-order valence-corrected chi connectivity index (χ3v) is 5.08. The molecule has 0 unspecified atom stereocenters. The van der Waals surface area contributed by atoms with Crippen LogP contribution in [0.3, 0.4) is 0 Å². The average molecular weight is 498 g/mol. The molecule has 0 aliphatic rings. The monoisotopic (exact) mass is 496 g/mol. The lowest BCUT2D eigenvalue weighted by molar-refractivity contribution is 0.474. The molecule has 0 aliphatic carbocycles. The Morgan fingerprint density at radius 3 is 2.59 bits per heavy atom. The summed E-state index contributed by atoms with van der Waals surface area (Å²) < 4.78 is 33.1. The molecule has 0 spiro atoms. The van der Waals surface area contributed by atoms with Crippen molar-refractivity contribution < 1.29 is 18.3 Å². The number of aromatic nitrogens is 1. The van der Waals surface area contributed by atoms with Gasteiger partial charge in [0.15, 0.2) is 17.2 Å². The maximum absolute atomic E-state index is 13.6. The van der Waals surface area contributed by atoms with E-state index in [4.69, 9.17) is 27.6 Å². The van der Waals surface area contributed by atoms with E-state index < -0.39 is 11.6 Å². The molecular formula is C20H9BrCl2F2N2O2. The highest BCUT2D eigenvalue weighted by molar-refractivity contribution is 9.10. The number of phenols is 1. The SMILES string of the molecule is Oc1c(Cl)cc(Br)cc1C=Nc1ccc2oc(-c3cc(F)c(F)cc3Cl)nc2c1. The van der Waals surface area contributed by atoms with Gasteiger partial charge in [0.1, 0.15) is 11.3 Å². The van der Waals surface area contributed by atoms with Crippen LogP contribution in [0, 0.1) is 11.6 Å². The predicted molar refractivity (Wildman–Crippen MR) is 112 cm³/mol. The first-order chi connectivity index (χ1) is 13.8. The highest BCUT2D eigenvalue weighted by atomic mass is 79.9. The van der Waals surface area contributed by atoms with Crippen molar-refractivity contribution in [3.63, 3.8) is 0 Å². The Morgan fingerprint density at radius 1 is 1.03 bits per heavy atom. The van der Waals surface area contributed by atoms with Crippen molar-refractivity contribution in [3.8, 4) is 17.2 Å². The molecule has 4 rings (SSSR count). The summed E-state index contributed by atoms with van der Waals surface area (Å²) in [6.45, 7) is 0. The van der Waals surface area contributed by atoms with Crippen LogP contribution in [-0.2, 0) is 0 Å². The molecule has 0 bridgehead atoms. The Bertz CT molecular complexity index is 1290. The van der Waals surface area contributed by atoms with Gasteiger partial charge >= 0.3 is 0 Å². The van der Waals surface area contributed by atoms with Crippen molar-refractivity contribution in [1.29, 1.82) is 0 Å². The van der Waals surface area contributed by atoms with Gasteiger partial charge in [0.25, 0.3) is 0 Å². The molecular weight excluding hydrogens is 489 g/mol. The lowest BCUT2D eigenvalue weighted by atomic mass is 10.2. The van der Waals surface area contributed by atoms with E-state index in [0.717, 1.165) is 12.1 Å². The summed E-state index contributed by atoms with van der Waals surface area (Å²) in [6.07, 6.45) is 1.46. The lowest BCUT2D eigenvalue weighted by Crippen LogP contribution is -1.87. The van der Waals surface area contributed by atoms with Gasteiger partial charge in [-0.05, 0) is 42.5 Å². The number of aromatic hydroxyl groups is 1. The maximum atomic E-state index is 13.6. The molecule has 0 aliphatic heterocycles. The quantitative estimate of drug-likeness (QED) is 0.238. The molecule has 9 heteroatoms. The van der Waals surface area contributed by atoms with Gasteiger partial charge in [0.05, 0.1) is 21.3 Å². The van der Waals surface area contributed by atoms with E-state index in [1.807, 2.05) is 0 Å². The van der Waals surface area contributed by atoms with Gasteiger partial charge in [-0.15, -0.1) is 0 Å². The van der Waals surface area contributed by atoms with E-state index in [0.29, 0.717) is 26.8 Å². The second-order valence-electron chi connectivity index (χ2n) is 6.00. The normalized spacial score (nSPS) is 11.6. The summed E-state index contributed by atoms with van der Waals surface area (Å²) in [6, 6.07) is 10.00. The average Bonchev–Trinajstić information content (AvgIpc) is 3.09. The summed E-state index contributed by atoms with van der Waals surface area (Å²) in [5.41, 5.74) is 1.98. The molecule has 0 atom stereocenters. The first kappa shape index (κ1) is 19.8. The number of nitrogens with zero attached hydrogens (tertiary/aromatic N) is 2. The lowest BCUT2D eigenvalue weighted by Gasteiger charge is -2.02. The van der Waals surface area contributed by atoms with Crippen LogP contribution in [0.1, 0.15) is 5.56 Å². The molecule has 3 aromatic carbocycles. The van der Waals surface area contributed by atoms with Crippen LogP contribution in [0.5, 0.6) is 5.75 Å². The van der Waals surface area contributed by atoms with E-state index in [9.17, 15) is 13.9 Å². The molecule has 0 radical (unpaired) electrons. The van der Waals surface area contributed by atoms with Gasteiger partial charge < -0.3 is 9.52 Å². The van der Waals surface area contributed by atoms with Crippen LogP contribution in [0.2, 0.25) is 10.0 Å². The number of oxazole rings is 1. The Kier molecular flexibility index (Phi) is 5.29. The Hall–Kier alpha value is -2.48. The maximum Gasteiger partial charge on any atom is 0.228 e. The van der Waals surface area contributed by atoms with Crippen molar-refractivity contribution in [2.45, 2.75) is 0 Å². The Balaban J connectivity index is 1.70. The van der Waals surface area contributed by atoms with Crippen LogP contribution in [0.25, 0.3) is 22.6 Å². The van der Waals surface area contributed by atoms with Gasteiger partial charge in [0.2, 0.25) is 5.89 Å². The molecule has 1 N–H and O–H groups in total. The summed E-state index contributed by atoms with van der Waals surface area (Å²) in [5, 5.41) is 10.2. The molecule has 1 heterocycles. The van der Waals surface area contributed by atoms with Crippen LogP contribution < -0.4 is 0 Å². The van der Waals surface area contributed by atoms with Crippen molar-refractivity contribution >= 4 is 62.1 Å². The minimum Gasteiger partial charge on any atom is -0.506 e. The Morgan fingerprint density at radius 2 is 1.79 bits per heavy atom. The number of halogens is 5. The highest BCUT2D eigenvalue weighted by Gasteiger charge is 2.16. The fraction of sp³-hybridized carbons (Fsp3) is 0. The number of hydrogen-bond donors (Lipinski definition) is 1. The van der Waals surface area contributed by atoms with E-state index in [1.54, 1.807) is 30.3 Å². The summed E-state index contributed by atoms with van der Waals surface area (Å²) in [5.74, 6) is -2.13. The van der Waals surface area contributed by atoms with Crippen LogP contribution in [0.4, 0.5) is 14.5 Å². The minimum atomic E-state index is -1.05. The third-order valence-electron chi connectivity index (χ3n) is 4.02. The third kappa shape index (κ3) is 3.99. The number of hydrogen-bond acceptors (Lipinski definition) is 4. The largest absolute Gasteiger partial charge is 0.506 e. The zero-order chi connectivity index (χ0) is 20.7. The predicted octanol–water partition coefficient (Wildman–Crippen LogP) is 7.30. The second-order valence-corrected chi connectivity index (χ2v) is 7.73. The topological polar surface area (TPSA) is 58.6 Å². The zero-order valence-corrected chi connectivity index (χ0v) is 17.4. The van der Waals surface area contributed by atoms with Crippen LogP contribution in [0.15, 0.2) is 56.3 Å². The van der Waals surface area contributed by atoms with Crippen molar-refractivity contribution in [1.82, 2.24) is 4.98 Å². The van der Waals surface area contributed by atoms with E-state index in [2.05, 4.69) is 25.9 Å². The van der Waals surface area contributed by atoms with Gasteiger partial charge in [-0.2, -0.15) is 0 Å². The molecule has 0 fully saturated rings. The first-order valence-electron chi connectivity index (χ1n) is 8.09. The van der Waals surface area contributed by atoms with Crippen molar-refractivity contribution in [2.24, 2.45) is 4.99 Å². The molecule has 4 aromatic rings. The van der Waals surface area contributed by atoms with Gasteiger partial charge in [-0.1, -0.05) is 39.1 Å². The number of rotatable bonds is 3. The number of aliphatic imine (C=N–C) groups is 1. The van der Waals surface area contributed by atoms with E-state index in [-0.39, 0.29) is 27.2 Å². The van der Waals surface area contributed by atoms with Crippen LogP contribution >= 0.6 is 39.1 Å². The molecule has 0 saturated carbocycles. The van der Waals surface area contributed by atoms with Gasteiger partial charge in [-0.3, -0.25) is 4.99 Å². The van der Waals surface area contributed by atoms with Gasteiger partial charge in [-0.25, -0.2) is 13.8 Å². The smallest absolute Gasteiger partial charge is 0.228 e. The molecule has 146 valence electrons. The zero-order valence-electron chi connectivity index (χ0n) is 14.3. The van der Waals surface area contributed by atoms with Crippen molar-refractivity contribution in [3.05, 3.63) is 74.2 Å². The fourth-order valence-corrected chi connectivity index (χ4v) is 3.69. The van der Waals surface area contributed by atoms with E-state index in [1.165, 1.54) is 6.21 Å². The fourth-order valence-electron chi connectivity index (χ4n) is 2.63.